The molecule has 0 unspecified atom stereocenters. The minimum Gasteiger partial charge on any atom is -0.361 e. The Morgan fingerprint density at radius 1 is 1.03 bits per heavy atom. The van der Waals surface area contributed by atoms with Gasteiger partial charge in [0.05, 0.1) is 5.69 Å². The van der Waals surface area contributed by atoms with Crippen molar-refractivity contribution in [3.63, 3.8) is 0 Å². The Balaban J connectivity index is 1.60. The van der Waals surface area contributed by atoms with Gasteiger partial charge in [0, 0.05) is 35.6 Å². The van der Waals surface area contributed by atoms with E-state index in [2.05, 4.69) is 65.3 Å². The Hall–Kier alpha value is -3.38. The van der Waals surface area contributed by atoms with Crippen LogP contribution in [0, 0.1) is 20.8 Å². The third-order valence-electron chi connectivity index (χ3n) is 6.61. The predicted octanol–water partition coefficient (Wildman–Crippen LogP) is 6.27. The van der Waals surface area contributed by atoms with Gasteiger partial charge in [-0.15, -0.1) is 0 Å². The first-order chi connectivity index (χ1) is 16.5. The fourth-order valence-corrected chi connectivity index (χ4v) is 4.74. The van der Waals surface area contributed by atoms with Crippen molar-refractivity contribution in [1.82, 2.24) is 15.2 Å². The third-order valence-corrected chi connectivity index (χ3v) is 6.61. The van der Waals surface area contributed by atoms with E-state index in [0.717, 1.165) is 61.2 Å². The molecule has 0 aliphatic carbocycles. The maximum Gasteiger partial charge on any atom is 0.243 e. The number of aromatic nitrogens is 2. The van der Waals surface area contributed by atoms with Crippen molar-refractivity contribution < 1.29 is 14.5 Å². The SMILES string of the molecule is Cc1ccccc1Cc1cn(CCCCCCC(=O)NO)c2ccc(-c3c(C)noc3C)cc12. The highest BCUT2D eigenvalue weighted by Gasteiger charge is 2.16. The second kappa shape index (κ2) is 10.7. The predicted molar refractivity (Wildman–Crippen MR) is 134 cm³/mol. The van der Waals surface area contributed by atoms with E-state index < -0.39 is 0 Å². The average Bonchev–Trinajstić information content (AvgIpc) is 3.35. The molecule has 2 N–H and O–H groups in total. The van der Waals surface area contributed by atoms with Gasteiger partial charge in [-0.05, 0) is 74.4 Å². The van der Waals surface area contributed by atoms with E-state index in [9.17, 15) is 4.79 Å². The smallest absolute Gasteiger partial charge is 0.243 e. The lowest BCUT2D eigenvalue weighted by molar-refractivity contribution is -0.129. The normalized spacial score (nSPS) is 11.3. The Morgan fingerprint density at radius 3 is 2.56 bits per heavy atom. The van der Waals surface area contributed by atoms with Crippen molar-refractivity contribution >= 4 is 16.8 Å². The molecule has 2 aromatic heterocycles. The molecule has 178 valence electrons. The first-order valence-corrected chi connectivity index (χ1v) is 12.0. The molecule has 6 heteroatoms. The van der Waals surface area contributed by atoms with Crippen LogP contribution in [-0.4, -0.2) is 20.8 Å². The van der Waals surface area contributed by atoms with Crippen molar-refractivity contribution in [3.05, 3.63) is 76.8 Å². The summed E-state index contributed by atoms with van der Waals surface area (Å²) in [5, 5.41) is 14.0. The molecule has 2 aromatic carbocycles. The van der Waals surface area contributed by atoms with Gasteiger partial charge in [0.1, 0.15) is 5.76 Å². The summed E-state index contributed by atoms with van der Waals surface area (Å²) in [6.45, 7) is 7.05. The lowest BCUT2D eigenvalue weighted by Crippen LogP contribution is -2.17. The van der Waals surface area contributed by atoms with Crippen LogP contribution in [0.15, 0.2) is 53.2 Å². The number of nitrogens with zero attached hydrogens (tertiary/aromatic N) is 2. The van der Waals surface area contributed by atoms with Crippen molar-refractivity contribution in [2.45, 2.75) is 65.8 Å². The average molecular weight is 460 g/mol. The van der Waals surface area contributed by atoms with Crippen LogP contribution >= 0.6 is 0 Å². The minimum atomic E-state index is -0.314. The van der Waals surface area contributed by atoms with Gasteiger partial charge in [0.25, 0.3) is 0 Å². The molecule has 0 saturated heterocycles. The maximum atomic E-state index is 11.2. The highest BCUT2D eigenvalue weighted by molar-refractivity contribution is 5.89. The number of carbonyl (C=O) groups excluding carboxylic acids is 1. The third kappa shape index (κ3) is 5.23. The summed E-state index contributed by atoms with van der Waals surface area (Å²) in [5.74, 6) is 0.526. The lowest BCUT2D eigenvalue weighted by atomic mass is 9.97. The van der Waals surface area contributed by atoms with E-state index >= 15 is 0 Å². The van der Waals surface area contributed by atoms with E-state index in [4.69, 9.17) is 9.73 Å². The largest absolute Gasteiger partial charge is 0.361 e. The number of nitrogens with one attached hydrogen (secondary N) is 1. The number of hydroxylamine groups is 1. The number of hydrogen-bond acceptors (Lipinski definition) is 4. The fourth-order valence-electron chi connectivity index (χ4n) is 4.74. The molecule has 34 heavy (non-hydrogen) atoms. The first kappa shape index (κ1) is 23.8. The van der Waals surface area contributed by atoms with Crippen molar-refractivity contribution in [2.75, 3.05) is 0 Å². The second-order valence-electron chi connectivity index (χ2n) is 9.08. The summed E-state index contributed by atoms with van der Waals surface area (Å²) >= 11 is 0. The molecule has 6 nitrogen and oxygen atoms in total. The number of aryl methyl sites for hydroxylation is 4. The van der Waals surface area contributed by atoms with Crippen molar-refractivity contribution in [1.29, 1.82) is 0 Å². The van der Waals surface area contributed by atoms with Gasteiger partial charge in [-0.1, -0.05) is 48.3 Å². The fraction of sp³-hybridized carbons (Fsp3) is 0.357. The minimum absolute atomic E-state index is 0.314. The van der Waals surface area contributed by atoms with E-state index in [1.54, 1.807) is 5.48 Å². The second-order valence-corrected chi connectivity index (χ2v) is 9.08. The molecule has 0 bridgehead atoms. The maximum absolute atomic E-state index is 11.2. The number of fused-ring (bicyclic) bond motifs is 1. The van der Waals surface area contributed by atoms with Gasteiger partial charge in [0.2, 0.25) is 5.91 Å². The van der Waals surface area contributed by atoms with Crippen LogP contribution in [0.3, 0.4) is 0 Å². The summed E-state index contributed by atoms with van der Waals surface area (Å²) in [4.78, 5) is 11.2. The molecule has 0 spiro atoms. The number of carbonyl (C=O) groups is 1. The summed E-state index contributed by atoms with van der Waals surface area (Å²) in [6.07, 6.45) is 7.40. The molecule has 4 rings (SSSR count). The highest BCUT2D eigenvalue weighted by atomic mass is 16.5. The lowest BCUT2D eigenvalue weighted by Gasteiger charge is -2.07. The molecular weight excluding hydrogens is 426 g/mol. The van der Waals surface area contributed by atoms with E-state index in [0.29, 0.717) is 6.42 Å². The zero-order chi connectivity index (χ0) is 24.1. The Kier molecular flexibility index (Phi) is 7.48. The molecule has 0 atom stereocenters. The van der Waals surface area contributed by atoms with Crippen LogP contribution < -0.4 is 5.48 Å². The van der Waals surface area contributed by atoms with Gasteiger partial charge in [-0.2, -0.15) is 0 Å². The van der Waals surface area contributed by atoms with E-state index in [-0.39, 0.29) is 5.91 Å². The van der Waals surface area contributed by atoms with Crippen LogP contribution in [0.25, 0.3) is 22.0 Å². The topological polar surface area (TPSA) is 80.3 Å². The molecular formula is C28H33N3O3. The quantitative estimate of drug-likeness (QED) is 0.166. The molecule has 4 aromatic rings. The van der Waals surface area contributed by atoms with E-state index in [1.807, 2.05) is 13.8 Å². The van der Waals surface area contributed by atoms with Gasteiger partial charge < -0.3 is 9.09 Å². The summed E-state index contributed by atoms with van der Waals surface area (Å²) in [5.41, 5.74) is 10.0. The van der Waals surface area contributed by atoms with Crippen LogP contribution in [0.4, 0.5) is 0 Å². The van der Waals surface area contributed by atoms with Crippen molar-refractivity contribution in [2.24, 2.45) is 0 Å². The van der Waals surface area contributed by atoms with Crippen LogP contribution in [0.1, 0.15) is 60.2 Å². The molecule has 0 fully saturated rings. The monoisotopic (exact) mass is 459 g/mol. The van der Waals surface area contributed by atoms with Gasteiger partial charge in [-0.3, -0.25) is 10.0 Å². The number of benzene rings is 2. The molecule has 0 radical (unpaired) electrons. The molecule has 2 heterocycles. The molecule has 0 saturated carbocycles. The number of rotatable bonds is 10. The highest BCUT2D eigenvalue weighted by Crippen LogP contribution is 2.33. The summed E-state index contributed by atoms with van der Waals surface area (Å²) in [7, 11) is 0. The summed E-state index contributed by atoms with van der Waals surface area (Å²) in [6, 6.07) is 15.2. The Morgan fingerprint density at radius 2 is 1.82 bits per heavy atom. The van der Waals surface area contributed by atoms with Crippen LogP contribution in [0.2, 0.25) is 0 Å². The van der Waals surface area contributed by atoms with Gasteiger partial charge in [0.15, 0.2) is 0 Å². The van der Waals surface area contributed by atoms with Crippen LogP contribution in [0.5, 0.6) is 0 Å². The molecule has 0 aliphatic heterocycles. The van der Waals surface area contributed by atoms with E-state index in [1.165, 1.54) is 27.6 Å². The number of hydrogen-bond donors (Lipinski definition) is 2. The first-order valence-electron chi connectivity index (χ1n) is 12.0. The van der Waals surface area contributed by atoms with Crippen molar-refractivity contribution in [3.8, 4) is 11.1 Å². The van der Waals surface area contributed by atoms with Gasteiger partial charge >= 0.3 is 0 Å². The van der Waals surface area contributed by atoms with Crippen LogP contribution in [-0.2, 0) is 17.8 Å². The Labute approximate surface area is 200 Å². The summed E-state index contributed by atoms with van der Waals surface area (Å²) < 4.78 is 7.78. The molecule has 0 aliphatic rings. The standard InChI is InChI=1S/C28H33N3O3/c1-19-10-7-8-11-22(19)16-24-18-31(15-9-5-4-6-12-27(32)29-33)26-14-13-23(17-25(24)26)28-20(2)30-34-21(28)3/h7-8,10-11,13-14,17-18,33H,4-6,9,12,15-16H2,1-3H3,(H,29,32). The Bertz CT molecular complexity index is 1270. The number of amides is 1. The number of unbranched alkanes of at least 4 members (excludes halogenated alkanes) is 3. The zero-order valence-electron chi connectivity index (χ0n) is 20.2. The van der Waals surface area contributed by atoms with Gasteiger partial charge in [-0.25, -0.2) is 5.48 Å². The zero-order valence-corrected chi connectivity index (χ0v) is 20.2. The molecule has 1 amide bonds.